The van der Waals surface area contributed by atoms with Crippen molar-refractivity contribution >= 4 is 55.2 Å². The Kier molecular flexibility index (Phi) is 5.72. The number of rotatable bonds is 7. The van der Waals surface area contributed by atoms with Crippen LogP contribution in [0.25, 0.3) is 5.57 Å². The van der Waals surface area contributed by atoms with Gasteiger partial charge in [-0.3, -0.25) is 14.9 Å². The molecule has 0 bridgehead atoms. The van der Waals surface area contributed by atoms with E-state index in [-0.39, 0.29) is 28.8 Å². The van der Waals surface area contributed by atoms with Crippen LogP contribution in [0.15, 0.2) is 35.4 Å². The Morgan fingerprint density at radius 3 is 2.56 bits per heavy atom. The molecule has 0 aliphatic heterocycles. The lowest BCUT2D eigenvalue weighted by molar-refractivity contribution is -0.117. The summed E-state index contributed by atoms with van der Waals surface area (Å²) >= 11 is 7.11. The van der Waals surface area contributed by atoms with Crippen molar-refractivity contribution < 1.29 is 18.0 Å². The lowest BCUT2D eigenvalue weighted by Gasteiger charge is -2.15. The second kappa shape index (κ2) is 8.39. The monoisotopic (exact) mass is 490 g/mol. The number of anilines is 1. The normalized spacial score (nSPS) is 21.7. The molecule has 9 heteroatoms. The van der Waals surface area contributed by atoms with Crippen LogP contribution in [0.3, 0.4) is 0 Å². The first-order chi connectivity index (χ1) is 15.3. The van der Waals surface area contributed by atoms with Gasteiger partial charge in [-0.05, 0) is 67.2 Å². The van der Waals surface area contributed by atoms with Gasteiger partial charge in [0.1, 0.15) is 10.1 Å². The molecule has 6 nitrogen and oxygen atoms in total. The zero-order chi connectivity index (χ0) is 22.5. The molecule has 168 valence electrons. The number of benzene rings is 1. The molecule has 1 atom stereocenters. The molecular formula is C23H23ClN2O4S2. The van der Waals surface area contributed by atoms with Crippen LogP contribution in [0, 0.1) is 5.92 Å². The van der Waals surface area contributed by atoms with E-state index < -0.39 is 9.84 Å². The van der Waals surface area contributed by atoms with Crippen LogP contribution in [0.1, 0.15) is 62.0 Å². The molecule has 32 heavy (non-hydrogen) atoms. The van der Waals surface area contributed by atoms with Gasteiger partial charge in [-0.1, -0.05) is 35.1 Å². The lowest BCUT2D eigenvalue weighted by atomic mass is 9.96. The summed E-state index contributed by atoms with van der Waals surface area (Å²) < 4.78 is 26.4. The number of hydrogen-bond acceptors (Lipinski definition) is 6. The number of allylic oxidation sites excluding steroid dienone is 1. The highest BCUT2D eigenvalue weighted by Gasteiger charge is 2.40. The fourth-order valence-electron chi connectivity index (χ4n) is 4.25. The minimum atomic E-state index is -3.33. The maximum Gasteiger partial charge on any atom is 0.257 e. The summed E-state index contributed by atoms with van der Waals surface area (Å²) in [7, 11) is -3.33. The Balaban J connectivity index is 1.53. The van der Waals surface area contributed by atoms with E-state index in [4.69, 9.17) is 11.6 Å². The average molecular weight is 491 g/mol. The van der Waals surface area contributed by atoms with Gasteiger partial charge in [0.2, 0.25) is 0 Å². The van der Waals surface area contributed by atoms with Crippen molar-refractivity contribution in [2.24, 2.45) is 5.92 Å². The van der Waals surface area contributed by atoms with Crippen molar-refractivity contribution in [3.05, 3.63) is 45.9 Å². The molecule has 0 saturated heterocycles. The van der Waals surface area contributed by atoms with Gasteiger partial charge >= 0.3 is 0 Å². The van der Waals surface area contributed by atoms with Crippen molar-refractivity contribution in [3.63, 3.8) is 0 Å². The zero-order valence-electron chi connectivity index (χ0n) is 17.3. The molecule has 1 amide bonds. The summed E-state index contributed by atoms with van der Waals surface area (Å²) in [6, 6.07) is 5.25. The molecule has 3 fully saturated rings. The predicted molar refractivity (Wildman–Crippen MR) is 125 cm³/mol. The molecule has 0 unspecified atom stereocenters. The van der Waals surface area contributed by atoms with E-state index in [1.165, 1.54) is 17.5 Å². The Bertz CT molecular complexity index is 1230. The van der Waals surface area contributed by atoms with Gasteiger partial charge in [0.25, 0.3) is 5.91 Å². The van der Waals surface area contributed by atoms with Gasteiger partial charge in [0.05, 0.1) is 16.3 Å². The fourth-order valence-corrected chi connectivity index (χ4v) is 6.98. The molecule has 1 aromatic heterocycles. The van der Waals surface area contributed by atoms with Crippen molar-refractivity contribution in [2.45, 2.75) is 61.0 Å². The van der Waals surface area contributed by atoms with E-state index in [0.717, 1.165) is 18.4 Å². The summed E-state index contributed by atoms with van der Waals surface area (Å²) in [5.41, 5.74) is 1.92. The molecule has 1 heterocycles. The third-order valence-corrected chi connectivity index (χ3v) is 9.60. The van der Waals surface area contributed by atoms with Crippen LogP contribution in [0.5, 0.6) is 0 Å². The summed E-state index contributed by atoms with van der Waals surface area (Å²) in [6.07, 6.45) is 8.32. The molecule has 2 aromatic rings. The van der Waals surface area contributed by atoms with Crippen LogP contribution >= 0.6 is 22.9 Å². The maximum absolute atomic E-state index is 13.2. The molecule has 1 N–H and O–H groups in total. The highest BCUT2D eigenvalue weighted by atomic mass is 35.5. The summed E-state index contributed by atoms with van der Waals surface area (Å²) in [6.45, 7) is 0. The average Bonchev–Trinajstić information content (AvgIpc) is 3.68. The third kappa shape index (κ3) is 4.54. The SMILES string of the molecule is O=C1CC[C@@H](C=C(C(=O)Nc2ncc(Cl)s2)c2ccc(S(=O)(=O)C3CC3)c(C3CC3)c2)C1. The number of sulfone groups is 1. The van der Waals surface area contributed by atoms with Crippen LogP contribution in [0.4, 0.5) is 5.13 Å². The molecule has 0 spiro atoms. The number of Topliss-reactive ketones (excluding diaryl/α,β-unsaturated/α-hetero) is 1. The Labute approximate surface area is 196 Å². The van der Waals surface area contributed by atoms with E-state index in [1.807, 2.05) is 12.1 Å². The minimum Gasteiger partial charge on any atom is -0.300 e. The quantitative estimate of drug-likeness (QED) is 0.551. The largest absolute Gasteiger partial charge is 0.300 e. The van der Waals surface area contributed by atoms with Gasteiger partial charge in [-0.15, -0.1) is 0 Å². The lowest BCUT2D eigenvalue weighted by Crippen LogP contribution is -2.15. The van der Waals surface area contributed by atoms with Gasteiger partial charge in [0, 0.05) is 18.4 Å². The highest BCUT2D eigenvalue weighted by molar-refractivity contribution is 7.92. The van der Waals surface area contributed by atoms with Crippen molar-refractivity contribution in [1.29, 1.82) is 0 Å². The number of amides is 1. The fraction of sp³-hybridized carbons (Fsp3) is 0.435. The highest BCUT2D eigenvalue weighted by Crippen LogP contribution is 2.46. The number of carbonyl (C=O) groups excluding carboxylic acids is 2. The summed E-state index contributed by atoms with van der Waals surface area (Å²) in [5, 5.41) is 2.91. The number of nitrogens with one attached hydrogen (secondary N) is 1. The van der Waals surface area contributed by atoms with Crippen molar-refractivity contribution in [3.8, 4) is 0 Å². The Morgan fingerprint density at radius 2 is 1.97 bits per heavy atom. The summed E-state index contributed by atoms with van der Waals surface area (Å²) in [4.78, 5) is 29.5. The Morgan fingerprint density at radius 1 is 1.19 bits per heavy atom. The van der Waals surface area contributed by atoms with Gasteiger partial charge in [-0.25, -0.2) is 13.4 Å². The van der Waals surface area contributed by atoms with Crippen LogP contribution < -0.4 is 5.32 Å². The molecule has 3 saturated carbocycles. The third-order valence-electron chi connectivity index (χ3n) is 6.24. The first kappa shape index (κ1) is 21.8. The number of nitrogens with zero attached hydrogens (tertiary/aromatic N) is 1. The molecular weight excluding hydrogens is 468 g/mol. The first-order valence-electron chi connectivity index (χ1n) is 10.9. The number of hydrogen-bond donors (Lipinski definition) is 1. The number of aromatic nitrogens is 1. The molecule has 3 aliphatic rings. The van der Waals surface area contributed by atoms with Gasteiger partial charge < -0.3 is 0 Å². The van der Waals surface area contributed by atoms with E-state index in [0.29, 0.717) is 57.6 Å². The minimum absolute atomic E-state index is 0.0117. The zero-order valence-corrected chi connectivity index (χ0v) is 19.7. The number of carbonyl (C=O) groups is 2. The van der Waals surface area contributed by atoms with Gasteiger partial charge in [0.15, 0.2) is 15.0 Å². The Hall–Kier alpha value is -2.03. The predicted octanol–water partition coefficient (Wildman–Crippen LogP) is 5.00. The van der Waals surface area contributed by atoms with Crippen molar-refractivity contribution in [1.82, 2.24) is 4.98 Å². The molecule has 1 aromatic carbocycles. The number of halogens is 1. The second-order valence-corrected chi connectivity index (χ2v) is 12.7. The topological polar surface area (TPSA) is 93.2 Å². The molecule has 5 rings (SSSR count). The van der Waals surface area contributed by atoms with Crippen molar-refractivity contribution in [2.75, 3.05) is 5.32 Å². The van der Waals surface area contributed by atoms with Crippen LogP contribution in [-0.2, 0) is 19.4 Å². The second-order valence-electron chi connectivity index (χ2n) is 8.82. The van der Waals surface area contributed by atoms with Crippen LogP contribution in [-0.4, -0.2) is 30.3 Å². The van der Waals surface area contributed by atoms with E-state index in [2.05, 4.69) is 10.3 Å². The van der Waals surface area contributed by atoms with Gasteiger partial charge in [-0.2, -0.15) is 0 Å². The van der Waals surface area contributed by atoms with E-state index >= 15 is 0 Å². The standard InChI is InChI=1S/C23H23ClN2O4S2/c24-21-12-25-23(31-21)26-22(28)19(10-13-1-5-16(27)9-13)15-4-8-20(18(11-15)14-2-3-14)32(29,30)17-6-7-17/h4,8,10-14,17H,1-3,5-7,9H2,(H,25,26,28)/t13-/m1/s1. The van der Waals surface area contributed by atoms with Crippen LogP contribution in [0.2, 0.25) is 4.34 Å². The maximum atomic E-state index is 13.2. The van der Waals surface area contributed by atoms with E-state index in [9.17, 15) is 18.0 Å². The van der Waals surface area contributed by atoms with E-state index in [1.54, 1.807) is 12.1 Å². The first-order valence-corrected chi connectivity index (χ1v) is 13.6. The molecule has 3 aliphatic carbocycles. The number of thiazole rings is 1. The number of ketones is 1. The molecule has 0 radical (unpaired) electrons. The smallest absolute Gasteiger partial charge is 0.257 e. The summed E-state index contributed by atoms with van der Waals surface area (Å²) in [5.74, 6) is 0.0631.